The molecule has 0 radical (unpaired) electrons. The molecule has 0 saturated carbocycles. The number of aromatic nitrogens is 2. The summed E-state index contributed by atoms with van der Waals surface area (Å²) in [7, 11) is 0. The van der Waals surface area contributed by atoms with Crippen molar-refractivity contribution in [1.82, 2.24) is 9.36 Å². The van der Waals surface area contributed by atoms with Gasteiger partial charge in [0, 0.05) is 6.42 Å². The van der Waals surface area contributed by atoms with Gasteiger partial charge in [-0.05, 0) is 24.0 Å². The zero-order valence-corrected chi connectivity index (χ0v) is 13.0. The molecule has 0 bridgehead atoms. The van der Waals surface area contributed by atoms with Gasteiger partial charge in [-0.2, -0.15) is 4.37 Å². The molecule has 1 heterocycles. The summed E-state index contributed by atoms with van der Waals surface area (Å²) in [5.74, 6) is 0.574. The highest BCUT2D eigenvalue weighted by atomic mass is 32.2. The van der Waals surface area contributed by atoms with E-state index in [4.69, 9.17) is 4.74 Å². The van der Waals surface area contributed by atoms with Gasteiger partial charge in [0.15, 0.2) is 4.34 Å². The molecule has 20 heavy (non-hydrogen) atoms. The van der Waals surface area contributed by atoms with Crippen molar-refractivity contribution in [2.24, 2.45) is 0 Å². The lowest BCUT2D eigenvalue weighted by Gasteiger charge is -2.13. The lowest BCUT2D eigenvalue weighted by molar-refractivity contribution is -0.142. The lowest BCUT2D eigenvalue weighted by Crippen LogP contribution is -2.13. The maximum Gasteiger partial charge on any atom is 0.324 e. The van der Waals surface area contributed by atoms with E-state index in [-0.39, 0.29) is 5.97 Å². The third kappa shape index (κ3) is 3.80. The van der Waals surface area contributed by atoms with Crippen LogP contribution in [-0.4, -0.2) is 21.9 Å². The van der Waals surface area contributed by atoms with Gasteiger partial charge >= 0.3 is 5.97 Å². The molecule has 2 rings (SSSR count). The van der Waals surface area contributed by atoms with Gasteiger partial charge in [0.05, 0.1) is 6.61 Å². The summed E-state index contributed by atoms with van der Waals surface area (Å²) in [5, 5.41) is -0.395. The Morgan fingerprint density at radius 1 is 1.35 bits per heavy atom. The van der Waals surface area contributed by atoms with Gasteiger partial charge in [0.25, 0.3) is 0 Å². The standard InChI is InChI=1S/C14H16N2O2S2/c1-3-11-15-14(20-16-11)19-12(13(17)18-4-2)10-8-6-5-7-9-10/h5-9,12H,3-4H2,1-2H3. The predicted molar refractivity (Wildman–Crippen MR) is 81.0 cm³/mol. The molecule has 4 nitrogen and oxygen atoms in total. The second-order valence-corrected chi connectivity index (χ2v) is 6.09. The minimum absolute atomic E-state index is 0.239. The minimum Gasteiger partial charge on any atom is -0.465 e. The van der Waals surface area contributed by atoms with E-state index in [9.17, 15) is 4.79 Å². The lowest BCUT2D eigenvalue weighted by atomic mass is 10.1. The first-order valence-electron chi connectivity index (χ1n) is 6.45. The molecule has 0 N–H and O–H groups in total. The number of ether oxygens (including phenoxy) is 1. The van der Waals surface area contributed by atoms with Gasteiger partial charge in [-0.15, -0.1) is 0 Å². The van der Waals surface area contributed by atoms with Crippen molar-refractivity contribution in [3.63, 3.8) is 0 Å². The van der Waals surface area contributed by atoms with Crippen molar-refractivity contribution in [2.45, 2.75) is 29.9 Å². The summed E-state index contributed by atoms with van der Waals surface area (Å²) >= 11 is 2.72. The minimum atomic E-state index is -0.395. The van der Waals surface area contributed by atoms with Crippen LogP contribution in [0.1, 0.15) is 30.5 Å². The van der Waals surface area contributed by atoms with Gasteiger partial charge < -0.3 is 4.74 Å². The number of carbonyl (C=O) groups is 1. The van der Waals surface area contributed by atoms with E-state index >= 15 is 0 Å². The molecule has 6 heteroatoms. The molecule has 1 aromatic heterocycles. The van der Waals surface area contributed by atoms with Gasteiger partial charge in [-0.25, -0.2) is 4.98 Å². The average Bonchev–Trinajstić information content (AvgIpc) is 2.93. The summed E-state index contributed by atoms with van der Waals surface area (Å²) in [6, 6.07) is 9.61. The number of carbonyl (C=O) groups excluding carboxylic acids is 1. The quantitative estimate of drug-likeness (QED) is 0.604. The van der Waals surface area contributed by atoms with Crippen LogP contribution < -0.4 is 0 Å². The van der Waals surface area contributed by atoms with Crippen LogP contribution in [0.5, 0.6) is 0 Å². The van der Waals surface area contributed by atoms with E-state index in [1.54, 1.807) is 0 Å². The van der Waals surface area contributed by atoms with Crippen LogP contribution in [0.3, 0.4) is 0 Å². The first-order valence-corrected chi connectivity index (χ1v) is 8.10. The Hall–Kier alpha value is -1.40. The molecule has 0 aliphatic carbocycles. The molecule has 0 aliphatic heterocycles. The molecule has 2 aromatic rings. The second kappa shape index (κ2) is 7.40. The largest absolute Gasteiger partial charge is 0.465 e. The smallest absolute Gasteiger partial charge is 0.324 e. The Kier molecular flexibility index (Phi) is 5.55. The van der Waals surface area contributed by atoms with Gasteiger partial charge in [-0.3, -0.25) is 4.79 Å². The number of aryl methyl sites for hydroxylation is 1. The SMILES string of the molecule is CCOC(=O)C(Sc1nc(CC)ns1)c1ccccc1. The summed E-state index contributed by atoms with van der Waals surface area (Å²) in [6.07, 6.45) is 0.798. The molecule has 0 aliphatic rings. The highest BCUT2D eigenvalue weighted by Crippen LogP contribution is 2.37. The number of benzene rings is 1. The molecule has 0 amide bonds. The van der Waals surface area contributed by atoms with Crippen LogP contribution in [0, 0.1) is 0 Å². The Morgan fingerprint density at radius 3 is 2.70 bits per heavy atom. The number of thioether (sulfide) groups is 1. The number of esters is 1. The Balaban J connectivity index is 2.20. The molecule has 1 atom stereocenters. The van der Waals surface area contributed by atoms with Gasteiger partial charge in [-0.1, -0.05) is 49.0 Å². The fraction of sp³-hybridized carbons (Fsp3) is 0.357. The number of hydrogen-bond acceptors (Lipinski definition) is 6. The maximum atomic E-state index is 12.1. The van der Waals surface area contributed by atoms with E-state index in [2.05, 4.69) is 9.36 Å². The zero-order chi connectivity index (χ0) is 14.4. The molecule has 106 valence electrons. The topological polar surface area (TPSA) is 52.1 Å². The molecular weight excluding hydrogens is 292 g/mol. The highest BCUT2D eigenvalue weighted by Gasteiger charge is 2.24. The fourth-order valence-corrected chi connectivity index (χ4v) is 3.52. The molecule has 0 saturated heterocycles. The van der Waals surface area contributed by atoms with Crippen LogP contribution in [0.15, 0.2) is 34.7 Å². The molecule has 1 unspecified atom stereocenters. The summed E-state index contributed by atoms with van der Waals surface area (Å²) < 4.78 is 10.2. The molecule has 0 fully saturated rings. The van der Waals surface area contributed by atoms with Gasteiger partial charge in [0.1, 0.15) is 11.1 Å². The monoisotopic (exact) mass is 308 g/mol. The number of hydrogen-bond donors (Lipinski definition) is 0. The molecular formula is C14H16N2O2S2. The van der Waals surface area contributed by atoms with Crippen LogP contribution in [0.25, 0.3) is 0 Å². The highest BCUT2D eigenvalue weighted by molar-refractivity contribution is 8.01. The van der Waals surface area contributed by atoms with Crippen LogP contribution in [0.2, 0.25) is 0 Å². The van der Waals surface area contributed by atoms with E-state index in [1.165, 1.54) is 23.3 Å². The van der Waals surface area contributed by atoms with Crippen molar-refractivity contribution >= 4 is 29.3 Å². The van der Waals surface area contributed by atoms with E-state index < -0.39 is 5.25 Å². The van der Waals surface area contributed by atoms with E-state index in [0.717, 1.165) is 22.1 Å². The average molecular weight is 308 g/mol. The Morgan fingerprint density at radius 2 is 2.10 bits per heavy atom. The third-order valence-electron chi connectivity index (χ3n) is 2.59. The first kappa shape index (κ1) is 15.0. The Labute approximate surface area is 126 Å². The molecule has 1 aromatic carbocycles. The van der Waals surface area contributed by atoms with Gasteiger partial charge in [0.2, 0.25) is 0 Å². The number of rotatable bonds is 6. The van der Waals surface area contributed by atoms with Crippen molar-refractivity contribution < 1.29 is 9.53 Å². The fourth-order valence-electron chi connectivity index (χ4n) is 1.63. The van der Waals surface area contributed by atoms with Crippen LogP contribution in [0.4, 0.5) is 0 Å². The first-order chi connectivity index (χ1) is 9.74. The summed E-state index contributed by atoms with van der Waals surface area (Å²) in [4.78, 5) is 16.5. The normalized spacial score (nSPS) is 12.1. The number of nitrogens with zero attached hydrogens (tertiary/aromatic N) is 2. The summed E-state index contributed by atoms with van der Waals surface area (Å²) in [6.45, 7) is 4.19. The Bertz CT molecular complexity index is 557. The molecule has 0 spiro atoms. The van der Waals surface area contributed by atoms with E-state index in [0.29, 0.717) is 6.61 Å². The summed E-state index contributed by atoms with van der Waals surface area (Å²) in [5.41, 5.74) is 0.921. The van der Waals surface area contributed by atoms with Crippen molar-refractivity contribution in [3.05, 3.63) is 41.7 Å². The second-order valence-electron chi connectivity index (χ2n) is 3.99. The van der Waals surface area contributed by atoms with Crippen LogP contribution >= 0.6 is 23.3 Å². The van der Waals surface area contributed by atoms with Crippen molar-refractivity contribution in [3.8, 4) is 0 Å². The van der Waals surface area contributed by atoms with Crippen molar-refractivity contribution in [1.29, 1.82) is 0 Å². The van der Waals surface area contributed by atoms with E-state index in [1.807, 2.05) is 44.2 Å². The van der Waals surface area contributed by atoms with Crippen molar-refractivity contribution in [2.75, 3.05) is 6.61 Å². The van der Waals surface area contributed by atoms with Crippen LogP contribution in [-0.2, 0) is 16.0 Å². The predicted octanol–water partition coefficient (Wildman–Crippen LogP) is 3.50. The maximum absolute atomic E-state index is 12.1. The zero-order valence-electron chi connectivity index (χ0n) is 11.4. The third-order valence-corrected chi connectivity index (χ3v) is 4.64.